The van der Waals surface area contributed by atoms with Gasteiger partial charge in [-0.3, -0.25) is 14.3 Å². The first-order valence-corrected chi connectivity index (χ1v) is 7.80. The van der Waals surface area contributed by atoms with E-state index in [2.05, 4.69) is 0 Å². The first-order valence-electron chi connectivity index (χ1n) is 5.49. The van der Waals surface area contributed by atoms with Gasteiger partial charge < -0.3 is 0 Å². The van der Waals surface area contributed by atoms with Crippen LogP contribution >= 0.6 is 23.2 Å². The van der Waals surface area contributed by atoms with Gasteiger partial charge in [0.05, 0.1) is 16.6 Å². The summed E-state index contributed by atoms with van der Waals surface area (Å²) in [5.74, 6) is 0. The number of sulfonamides is 1. The van der Waals surface area contributed by atoms with E-state index in [-0.39, 0.29) is 11.6 Å². The Bertz CT molecular complexity index is 918. The zero-order valence-electron chi connectivity index (χ0n) is 10.3. The van der Waals surface area contributed by atoms with Gasteiger partial charge in [-0.25, -0.2) is 18.4 Å². The topological polar surface area (TPSA) is 115 Å². The SMILES string of the molecule is NS(=O)(=O)c1cn(Cc2cccc(Cl)c2Cl)c(=O)[nH]c1=O. The van der Waals surface area contributed by atoms with Crippen LogP contribution in [-0.4, -0.2) is 18.0 Å². The fourth-order valence-electron chi connectivity index (χ4n) is 1.66. The van der Waals surface area contributed by atoms with E-state index in [0.29, 0.717) is 10.6 Å². The molecule has 0 unspecified atom stereocenters. The lowest BCUT2D eigenvalue weighted by Crippen LogP contribution is -2.34. The molecule has 10 heteroatoms. The summed E-state index contributed by atoms with van der Waals surface area (Å²) in [7, 11) is -4.25. The van der Waals surface area contributed by atoms with Crippen molar-refractivity contribution in [3.8, 4) is 0 Å². The molecular formula is C11H9Cl2N3O4S. The normalized spacial score (nSPS) is 11.6. The van der Waals surface area contributed by atoms with Crippen LogP contribution in [0.4, 0.5) is 0 Å². The molecule has 0 saturated heterocycles. The number of hydrogen-bond acceptors (Lipinski definition) is 4. The van der Waals surface area contributed by atoms with Gasteiger partial charge in [-0.05, 0) is 11.6 Å². The van der Waals surface area contributed by atoms with Gasteiger partial charge in [-0.1, -0.05) is 35.3 Å². The first kappa shape index (κ1) is 15.8. The highest BCUT2D eigenvalue weighted by Gasteiger charge is 2.16. The van der Waals surface area contributed by atoms with Crippen molar-refractivity contribution < 1.29 is 8.42 Å². The van der Waals surface area contributed by atoms with Crippen molar-refractivity contribution in [1.29, 1.82) is 0 Å². The Morgan fingerprint density at radius 2 is 1.90 bits per heavy atom. The van der Waals surface area contributed by atoms with E-state index in [1.807, 2.05) is 4.98 Å². The van der Waals surface area contributed by atoms with E-state index in [1.165, 1.54) is 0 Å². The molecule has 0 spiro atoms. The van der Waals surface area contributed by atoms with Crippen LogP contribution in [-0.2, 0) is 16.6 Å². The highest BCUT2D eigenvalue weighted by atomic mass is 35.5. The summed E-state index contributed by atoms with van der Waals surface area (Å²) < 4.78 is 23.5. The summed E-state index contributed by atoms with van der Waals surface area (Å²) in [6, 6.07) is 4.81. The number of benzene rings is 1. The van der Waals surface area contributed by atoms with Crippen molar-refractivity contribution in [3.05, 3.63) is 60.8 Å². The van der Waals surface area contributed by atoms with E-state index in [9.17, 15) is 18.0 Å². The quantitative estimate of drug-likeness (QED) is 0.841. The van der Waals surface area contributed by atoms with Crippen LogP contribution in [0.1, 0.15) is 5.56 Å². The average molecular weight is 350 g/mol. The molecule has 0 amide bonds. The lowest BCUT2D eigenvalue weighted by molar-refractivity contribution is 0.591. The highest BCUT2D eigenvalue weighted by Crippen LogP contribution is 2.25. The summed E-state index contributed by atoms with van der Waals surface area (Å²) in [5.41, 5.74) is -1.38. The number of H-pyrrole nitrogens is 1. The molecule has 2 rings (SSSR count). The van der Waals surface area contributed by atoms with E-state index in [0.717, 1.165) is 10.8 Å². The van der Waals surface area contributed by atoms with Gasteiger partial charge in [0.15, 0.2) is 4.90 Å². The van der Waals surface area contributed by atoms with Crippen LogP contribution in [0.3, 0.4) is 0 Å². The molecule has 2 aromatic rings. The van der Waals surface area contributed by atoms with Crippen molar-refractivity contribution in [2.24, 2.45) is 5.14 Å². The van der Waals surface area contributed by atoms with E-state index >= 15 is 0 Å². The molecular weight excluding hydrogens is 341 g/mol. The van der Waals surface area contributed by atoms with Crippen LogP contribution in [0, 0.1) is 0 Å². The van der Waals surface area contributed by atoms with Gasteiger partial charge in [0.1, 0.15) is 0 Å². The minimum absolute atomic E-state index is 0.0719. The van der Waals surface area contributed by atoms with Crippen LogP contribution < -0.4 is 16.4 Å². The maximum Gasteiger partial charge on any atom is 0.328 e. The van der Waals surface area contributed by atoms with Gasteiger partial charge >= 0.3 is 5.69 Å². The second kappa shape index (κ2) is 5.64. The third-order valence-corrected chi connectivity index (χ3v) is 4.42. The molecule has 1 aromatic heterocycles. The molecule has 0 fully saturated rings. The average Bonchev–Trinajstić information content (AvgIpc) is 2.36. The molecule has 1 aromatic carbocycles. The standard InChI is InChI=1S/C11H9Cl2N3O4S/c12-7-3-1-2-6(9(7)13)4-16-5-8(21(14,19)20)10(17)15-11(16)18/h1-3,5H,4H2,(H2,14,19,20)(H,15,17,18). The Kier molecular flexibility index (Phi) is 4.24. The smallest absolute Gasteiger partial charge is 0.295 e. The lowest BCUT2D eigenvalue weighted by atomic mass is 10.2. The van der Waals surface area contributed by atoms with Crippen molar-refractivity contribution in [2.45, 2.75) is 11.4 Å². The summed E-state index contributed by atoms with van der Waals surface area (Å²) in [4.78, 5) is 24.3. The van der Waals surface area contributed by atoms with Gasteiger partial charge in [-0.15, -0.1) is 0 Å². The third kappa shape index (κ3) is 3.35. The Morgan fingerprint density at radius 3 is 2.52 bits per heavy atom. The maximum absolute atomic E-state index is 11.7. The fraction of sp³-hybridized carbons (Fsp3) is 0.0909. The minimum atomic E-state index is -4.25. The van der Waals surface area contributed by atoms with E-state index in [1.54, 1.807) is 18.2 Å². The molecule has 112 valence electrons. The number of hydrogen-bond donors (Lipinski definition) is 2. The fourth-order valence-corrected chi connectivity index (χ4v) is 2.63. The zero-order valence-corrected chi connectivity index (χ0v) is 12.7. The maximum atomic E-state index is 11.7. The number of halogens is 2. The number of aromatic nitrogens is 2. The molecule has 1 heterocycles. The predicted molar refractivity (Wildman–Crippen MR) is 78.3 cm³/mol. The monoisotopic (exact) mass is 349 g/mol. The zero-order chi connectivity index (χ0) is 15.8. The van der Waals surface area contributed by atoms with Crippen LogP contribution in [0.15, 0.2) is 38.9 Å². The molecule has 0 aliphatic heterocycles. The molecule has 0 aliphatic carbocycles. The summed E-state index contributed by atoms with van der Waals surface area (Å²) in [5, 5.41) is 5.43. The van der Waals surface area contributed by atoms with Crippen molar-refractivity contribution in [3.63, 3.8) is 0 Å². The number of nitrogens with zero attached hydrogens (tertiary/aromatic N) is 1. The number of rotatable bonds is 3. The van der Waals surface area contributed by atoms with E-state index in [4.69, 9.17) is 28.3 Å². The van der Waals surface area contributed by atoms with E-state index < -0.39 is 26.2 Å². The molecule has 0 radical (unpaired) electrons. The summed E-state index contributed by atoms with van der Waals surface area (Å²) in [6.45, 7) is -0.0719. The highest BCUT2D eigenvalue weighted by molar-refractivity contribution is 7.89. The number of primary sulfonamides is 1. The summed E-state index contributed by atoms with van der Waals surface area (Å²) in [6.07, 6.45) is 0.869. The first-order chi connectivity index (χ1) is 9.70. The molecule has 0 bridgehead atoms. The van der Waals surface area contributed by atoms with Crippen molar-refractivity contribution >= 4 is 33.2 Å². The molecule has 0 atom stereocenters. The number of aromatic amines is 1. The van der Waals surface area contributed by atoms with Crippen molar-refractivity contribution in [2.75, 3.05) is 0 Å². The summed E-state index contributed by atoms with van der Waals surface area (Å²) >= 11 is 11.9. The second-order valence-corrected chi connectivity index (χ2v) is 6.45. The van der Waals surface area contributed by atoms with Gasteiger partial charge in [0.25, 0.3) is 5.56 Å². The molecule has 3 N–H and O–H groups in total. The largest absolute Gasteiger partial charge is 0.328 e. The second-order valence-electron chi connectivity index (χ2n) is 4.14. The number of nitrogens with one attached hydrogen (secondary N) is 1. The third-order valence-electron chi connectivity index (χ3n) is 2.66. The molecule has 0 saturated carbocycles. The van der Waals surface area contributed by atoms with Gasteiger partial charge in [0, 0.05) is 6.20 Å². The van der Waals surface area contributed by atoms with Gasteiger partial charge in [0.2, 0.25) is 10.0 Å². The Hall–Kier alpha value is -1.61. The molecule has 0 aliphatic rings. The van der Waals surface area contributed by atoms with Crippen LogP contribution in [0.5, 0.6) is 0 Å². The van der Waals surface area contributed by atoms with Crippen molar-refractivity contribution in [1.82, 2.24) is 9.55 Å². The van der Waals surface area contributed by atoms with Gasteiger partial charge in [-0.2, -0.15) is 0 Å². The molecule has 7 nitrogen and oxygen atoms in total. The van der Waals surface area contributed by atoms with Crippen LogP contribution in [0.2, 0.25) is 10.0 Å². The van der Waals surface area contributed by atoms with Crippen LogP contribution in [0.25, 0.3) is 0 Å². The Labute approximate surface area is 129 Å². The minimum Gasteiger partial charge on any atom is -0.295 e. The predicted octanol–water partition coefficient (Wildman–Crippen LogP) is 0.539. The Morgan fingerprint density at radius 1 is 1.24 bits per heavy atom. The Balaban J connectivity index is 2.58. The lowest BCUT2D eigenvalue weighted by Gasteiger charge is -2.09. The molecule has 21 heavy (non-hydrogen) atoms. The number of nitrogens with two attached hydrogens (primary N) is 1.